The number of amides is 2. The van der Waals surface area contributed by atoms with E-state index < -0.39 is 0 Å². The fourth-order valence-electron chi connectivity index (χ4n) is 2.83. The smallest absolute Gasteiger partial charge is 0.318 e. The molecule has 3 rings (SSSR count). The zero-order chi connectivity index (χ0) is 14.2. The van der Waals surface area contributed by atoms with Gasteiger partial charge in [-0.05, 0) is 43.4 Å². The number of benzene rings is 1. The largest absolute Gasteiger partial charge is 0.399 e. The fraction of sp³-hybridized carbons (Fsp3) is 0.533. The van der Waals surface area contributed by atoms with E-state index in [0.717, 1.165) is 50.0 Å². The Bertz CT molecular complexity index is 504. The topological polar surface area (TPSA) is 84.4 Å². The molecule has 0 bridgehead atoms. The maximum Gasteiger partial charge on any atom is 0.318 e. The van der Waals surface area contributed by atoms with Crippen molar-refractivity contribution in [2.45, 2.75) is 37.3 Å². The van der Waals surface area contributed by atoms with E-state index in [4.69, 9.17) is 11.5 Å². The molecule has 0 unspecified atom stereocenters. The van der Waals surface area contributed by atoms with E-state index >= 15 is 0 Å². The van der Waals surface area contributed by atoms with Crippen LogP contribution in [0, 0.1) is 0 Å². The first-order valence-electron chi connectivity index (χ1n) is 7.28. The third-order valence-corrected chi connectivity index (χ3v) is 4.36. The molecule has 1 saturated carbocycles. The number of hydrogen-bond donors (Lipinski definition) is 3. The molecule has 5 N–H and O–H groups in total. The van der Waals surface area contributed by atoms with Gasteiger partial charge in [-0.3, -0.25) is 0 Å². The first-order chi connectivity index (χ1) is 9.59. The van der Waals surface area contributed by atoms with Gasteiger partial charge >= 0.3 is 6.03 Å². The lowest BCUT2D eigenvalue weighted by Crippen LogP contribution is -2.49. The normalized spacial score (nSPS) is 21.6. The van der Waals surface area contributed by atoms with Crippen LogP contribution in [0.3, 0.4) is 0 Å². The number of nitrogens with zero attached hydrogens (tertiary/aromatic N) is 1. The van der Waals surface area contributed by atoms with Crippen molar-refractivity contribution in [3.05, 3.63) is 29.8 Å². The third kappa shape index (κ3) is 2.58. The van der Waals surface area contributed by atoms with Crippen molar-refractivity contribution in [2.24, 2.45) is 5.73 Å². The van der Waals surface area contributed by atoms with Crippen LogP contribution in [0.5, 0.6) is 0 Å². The van der Waals surface area contributed by atoms with E-state index in [1.165, 1.54) is 0 Å². The van der Waals surface area contributed by atoms with Gasteiger partial charge in [0.1, 0.15) is 0 Å². The highest BCUT2D eigenvalue weighted by Crippen LogP contribution is 2.46. The van der Waals surface area contributed by atoms with Gasteiger partial charge in [0.05, 0.1) is 5.54 Å². The Kier molecular flexibility index (Phi) is 3.30. The Morgan fingerprint density at radius 2 is 2.00 bits per heavy atom. The van der Waals surface area contributed by atoms with Crippen LogP contribution in [0.2, 0.25) is 0 Å². The fourth-order valence-corrected chi connectivity index (χ4v) is 2.83. The summed E-state index contributed by atoms with van der Waals surface area (Å²) < 4.78 is 0. The summed E-state index contributed by atoms with van der Waals surface area (Å²) in [7, 11) is 0. The summed E-state index contributed by atoms with van der Waals surface area (Å²) in [6.45, 7) is 1.50. The Labute approximate surface area is 119 Å². The highest BCUT2D eigenvalue weighted by atomic mass is 16.2. The summed E-state index contributed by atoms with van der Waals surface area (Å²) in [5, 5.41) is 3.19. The Hall–Kier alpha value is -1.75. The highest BCUT2D eigenvalue weighted by molar-refractivity contribution is 5.76. The first kappa shape index (κ1) is 13.2. The minimum atomic E-state index is -0.202. The monoisotopic (exact) mass is 274 g/mol. The molecule has 20 heavy (non-hydrogen) atoms. The van der Waals surface area contributed by atoms with Crippen LogP contribution < -0.4 is 16.8 Å². The summed E-state index contributed by atoms with van der Waals surface area (Å²) in [4.78, 5) is 14.2. The van der Waals surface area contributed by atoms with Gasteiger partial charge in [-0.15, -0.1) is 0 Å². The number of likely N-dealkylation sites (tertiary alicyclic amines) is 1. The van der Waals surface area contributed by atoms with Gasteiger partial charge in [0.15, 0.2) is 0 Å². The molecule has 2 amide bonds. The second-order valence-corrected chi connectivity index (χ2v) is 5.96. The lowest BCUT2D eigenvalue weighted by molar-refractivity contribution is 0.176. The van der Waals surface area contributed by atoms with Crippen molar-refractivity contribution < 1.29 is 4.79 Å². The molecule has 1 aliphatic carbocycles. The number of piperidine rings is 1. The SMILES string of the molecule is Nc1cccc(C2(NC(=O)N3CCC(N)CC3)CC2)c1. The minimum absolute atomic E-state index is 0.0248. The zero-order valence-corrected chi connectivity index (χ0v) is 11.6. The number of nitrogen functional groups attached to an aromatic ring is 1. The highest BCUT2D eigenvalue weighted by Gasteiger charge is 2.46. The number of carbonyl (C=O) groups excluding carboxylic acids is 1. The maximum atomic E-state index is 12.4. The summed E-state index contributed by atoms with van der Waals surface area (Å²) in [6.07, 6.45) is 3.74. The molecule has 108 valence electrons. The second-order valence-electron chi connectivity index (χ2n) is 5.96. The van der Waals surface area contributed by atoms with Crippen LogP contribution in [0.1, 0.15) is 31.2 Å². The van der Waals surface area contributed by atoms with Crippen LogP contribution >= 0.6 is 0 Å². The van der Waals surface area contributed by atoms with Crippen LogP contribution in [0.25, 0.3) is 0 Å². The van der Waals surface area contributed by atoms with Gasteiger partial charge in [-0.25, -0.2) is 4.79 Å². The van der Waals surface area contributed by atoms with Gasteiger partial charge in [0.2, 0.25) is 0 Å². The second kappa shape index (κ2) is 4.98. The zero-order valence-electron chi connectivity index (χ0n) is 11.6. The van der Waals surface area contributed by atoms with Crippen molar-refractivity contribution in [1.82, 2.24) is 10.2 Å². The molecule has 0 radical (unpaired) electrons. The van der Waals surface area contributed by atoms with Crippen LogP contribution in [-0.2, 0) is 5.54 Å². The summed E-state index contributed by atoms with van der Waals surface area (Å²) in [5.74, 6) is 0. The van der Waals surface area contributed by atoms with Gasteiger partial charge < -0.3 is 21.7 Å². The average Bonchev–Trinajstić information content (AvgIpc) is 3.20. The van der Waals surface area contributed by atoms with Gasteiger partial charge in [0.25, 0.3) is 0 Å². The van der Waals surface area contributed by atoms with E-state index in [0.29, 0.717) is 0 Å². The molecule has 2 aliphatic rings. The van der Waals surface area contributed by atoms with Gasteiger partial charge in [-0.1, -0.05) is 12.1 Å². The molecular formula is C15H22N4O. The van der Waals surface area contributed by atoms with Crippen molar-refractivity contribution in [3.8, 4) is 0 Å². The first-order valence-corrected chi connectivity index (χ1v) is 7.28. The van der Waals surface area contributed by atoms with E-state index in [1.54, 1.807) is 0 Å². The lowest BCUT2D eigenvalue weighted by atomic mass is 10.0. The quantitative estimate of drug-likeness (QED) is 0.712. The predicted octanol–water partition coefficient (Wildman–Crippen LogP) is 1.39. The molecule has 1 aliphatic heterocycles. The van der Waals surface area contributed by atoms with E-state index in [1.807, 2.05) is 29.2 Å². The summed E-state index contributed by atoms with van der Waals surface area (Å²) in [5.41, 5.74) is 13.4. The molecule has 1 aromatic rings. The molecule has 2 fully saturated rings. The Balaban J connectivity index is 1.66. The van der Waals surface area contributed by atoms with Crippen molar-refractivity contribution in [2.75, 3.05) is 18.8 Å². The number of rotatable bonds is 2. The Morgan fingerprint density at radius 1 is 1.30 bits per heavy atom. The number of nitrogens with two attached hydrogens (primary N) is 2. The van der Waals surface area contributed by atoms with E-state index in [2.05, 4.69) is 5.32 Å². The number of hydrogen-bond acceptors (Lipinski definition) is 3. The van der Waals surface area contributed by atoms with Gasteiger partial charge in [-0.2, -0.15) is 0 Å². The van der Waals surface area contributed by atoms with Crippen LogP contribution in [0.15, 0.2) is 24.3 Å². The molecule has 1 saturated heterocycles. The van der Waals surface area contributed by atoms with E-state index in [9.17, 15) is 4.79 Å². The molecule has 1 aromatic carbocycles. The third-order valence-electron chi connectivity index (χ3n) is 4.36. The van der Waals surface area contributed by atoms with Crippen molar-refractivity contribution in [1.29, 1.82) is 0 Å². The van der Waals surface area contributed by atoms with Crippen molar-refractivity contribution in [3.63, 3.8) is 0 Å². The lowest BCUT2D eigenvalue weighted by Gasteiger charge is -2.32. The summed E-state index contributed by atoms with van der Waals surface area (Å²) >= 11 is 0. The molecule has 0 aromatic heterocycles. The van der Waals surface area contributed by atoms with Gasteiger partial charge in [0, 0.05) is 24.8 Å². The molecule has 0 spiro atoms. The number of anilines is 1. The van der Waals surface area contributed by atoms with Crippen LogP contribution in [0.4, 0.5) is 10.5 Å². The molecule has 5 nitrogen and oxygen atoms in total. The van der Waals surface area contributed by atoms with E-state index in [-0.39, 0.29) is 17.6 Å². The number of nitrogens with one attached hydrogen (secondary N) is 1. The summed E-state index contributed by atoms with van der Waals surface area (Å²) in [6, 6.07) is 8.07. The molecule has 1 heterocycles. The average molecular weight is 274 g/mol. The standard InChI is InChI=1S/C15H22N4O/c16-12-4-8-19(9-5-12)14(20)18-15(6-7-15)11-2-1-3-13(17)10-11/h1-3,10,12H,4-9,16-17H2,(H,18,20). The van der Waals surface area contributed by atoms with Crippen molar-refractivity contribution >= 4 is 11.7 Å². The number of urea groups is 1. The van der Waals surface area contributed by atoms with Crippen LogP contribution in [-0.4, -0.2) is 30.1 Å². The minimum Gasteiger partial charge on any atom is -0.399 e. The number of carbonyl (C=O) groups is 1. The molecular weight excluding hydrogens is 252 g/mol. The Morgan fingerprint density at radius 3 is 2.60 bits per heavy atom. The molecule has 5 heteroatoms. The maximum absolute atomic E-state index is 12.4. The predicted molar refractivity (Wildman–Crippen MR) is 79.1 cm³/mol. The molecule has 0 atom stereocenters.